The van der Waals surface area contributed by atoms with E-state index in [1.54, 1.807) is 25.1 Å². The van der Waals surface area contributed by atoms with E-state index in [-0.39, 0.29) is 11.6 Å². The predicted octanol–water partition coefficient (Wildman–Crippen LogP) is 4.03. The van der Waals surface area contributed by atoms with Gasteiger partial charge in [-0.15, -0.1) is 0 Å². The third-order valence-corrected chi connectivity index (χ3v) is 3.96. The first-order valence-corrected chi connectivity index (χ1v) is 8.73. The molecule has 0 aliphatic carbocycles. The molecule has 0 aliphatic heterocycles. The summed E-state index contributed by atoms with van der Waals surface area (Å²) in [4.78, 5) is 32.0. The number of aryl methyl sites for hydroxylation is 1. The van der Waals surface area contributed by atoms with Gasteiger partial charge >= 0.3 is 5.97 Å². The molecule has 1 aromatic carbocycles. The summed E-state index contributed by atoms with van der Waals surface area (Å²) in [5, 5.41) is 0. The van der Waals surface area contributed by atoms with E-state index in [4.69, 9.17) is 4.74 Å². The monoisotopic (exact) mass is 340 g/mol. The molecule has 0 N–H and O–H groups in total. The maximum Gasteiger partial charge on any atom is 0.377 e. The van der Waals surface area contributed by atoms with E-state index in [2.05, 4.69) is 16.9 Å². The van der Waals surface area contributed by atoms with Crippen LogP contribution in [-0.4, -0.2) is 27.8 Å². The van der Waals surface area contributed by atoms with Crippen LogP contribution in [0.5, 0.6) is 0 Å². The summed E-state index contributed by atoms with van der Waals surface area (Å²) in [6, 6.07) is 9.12. The molecule has 0 fully saturated rings. The predicted molar refractivity (Wildman–Crippen MR) is 95.5 cm³/mol. The number of unbranched alkanes of at least 4 members (excludes halogenated alkanes) is 3. The highest BCUT2D eigenvalue weighted by Crippen LogP contribution is 2.12. The van der Waals surface area contributed by atoms with Crippen LogP contribution < -0.4 is 0 Å². The average molecular weight is 340 g/mol. The highest BCUT2D eigenvalue weighted by molar-refractivity contribution is 6.00. The quantitative estimate of drug-likeness (QED) is 0.392. The number of hydrogen-bond acceptors (Lipinski definition) is 5. The second kappa shape index (κ2) is 9.67. The topological polar surface area (TPSA) is 69.2 Å². The first-order chi connectivity index (χ1) is 12.1. The number of ketones is 1. The standard InChI is InChI=1S/C20H24N2O3/c1-3-4-5-6-8-16-9-11-17(12-10-16)18(23)15(2)25-20(24)19-21-13-7-14-22-19/h7,9-15H,3-6,8H2,1-2H3. The second-order valence-corrected chi connectivity index (χ2v) is 5.99. The van der Waals surface area contributed by atoms with E-state index in [1.165, 1.54) is 37.2 Å². The van der Waals surface area contributed by atoms with Gasteiger partial charge in [0.15, 0.2) is 6.10 Å². The third-order valence-electron chi connectivity index (χ3n) is 3.96. The van der Waals surface area contributed by atoms with Crippen LogP contribution in [0.15, 0.2) is 42.7 Å². The van der Waals surface area contributed by atoms with E-state index in [0.717, 1.165) is 12.8 Å². The molecule has 2 rings (SSSR count). The molecule has 5 nitrogen and oxygen atoms in total. The molecular formula is C20H24N2O3. The Hall–Kier alpha value is -2.56. The molecule has 1 heterocycles. The number of carbonyl (C=O) groups is 2. The summed E-state index contributed by atoms with van der Waals surface area (Å²) in [5.74, 6) is -0.986. The van der Waals surface area contributed by atoms with Crippen molar-refractivity contribution >= 4 is 11.8 Å². The van der Waals surface area contributed by atoms with Gasteiger partial charge < -0.3 is 4.74 Å². The summed E-state index contributed by atoms with van der Waals surface area (Å²) in [5.41, 5.74) is 1.75. The van der Waals surface area contributed by atoms with Crippen LogP contribution >= 0.6 is 0 Å². The van der Waals surface area contributed by atoms with E-state index in [1.807, 2.05) is 12.1 Å². The largest absolute Gasteiger partial charge is 0.448 e. The molecule has 0 saturated heterocycles. The minimum absolute atomic E-state index is 0.0513. The SMILES string of the molecule is CCCCCCc1ccc(C(=O)C(C)OC(=O)c2ncccn2)cc1. The van der Waals surface area contributed by atoms with Gasteiger partial charge in [-0.05, 0) is 31.4 Å². The van der Waals surface area contributed by atoms with Crippen molar-refractivity contribution in [2.24, 2.45) is 0 Å². The minimum Gasteiger partial charge on any atom is -0.448 e. The van der Waals surface area contributed by atoms with E-state index in [9.17, 15) is 9.59 Å². The van der Waals surface area contributed by atoms with E-state index >= 15 is 0 Å². The van der Waals surface area contributed by atoms with Crippen molar-refractivity contribution in [2.45, 2.75) is 52.1 Å². The molecule has 5 heteroatoms. The lowest BCUT2D eigenvalue weighted by atomic mass is 10.0. The van der Waals surface area contributed by atoms with Gasteiger partial charge in [-0.3, -0.25) is 4.79 Å². The zero-order valence-corrected chi connectivity index (χ0v) is 14.8. The number of benzene rings is 1. The third kappa shape index (κ3) is 5.78. The Morgan fingerprint density at radius 2 is 1.72 bits per heavy atom. The van der Waals surface area contributed by atoms with Gasteiger partial charge in [0, 0.05) is 18.0 Å². The zero-order chi connectivity index (χ0) is 18.1. The van der Waals surface area contributed by atoms with Gasteiger partial charge in [0.05, 0.1) is 0 Å². The molecule has 0 saturated carbocycles. The first kappa shape index (κ1) is 18.8. The Morgan fingerprint density at radius 1 is 1.04 bits per heavy atom. The van der Waals surface area contributed by atoms with E-state index < -0.39 is 12.1 Å². The first-order valence-electron chi connectivity index (χ1n) is 8.73. The number of Topliss-reactive ketones (excluding diaryl/α,β-unsaturated/α-hetero) is 1. The molecule has 1 unspecified atom stereocenters. The van der Waals surface area contributed by atoms with Gasteiger partial charge in [0.25, 0.3) is 0 Å². The van der Waals surface area contributed by atoms with Crippen molar-refractivity contribution in [1.82, 2.24) is 9.97 Å². The number of ether oxygens (including phenoxy) is 1. The summed E-state index contributed by atoms with van der Waals surface area (Å²) in [6.07, 6.45) is 7.90. The van der Waals surface area contributed by atoms with Crippen molar-refractivity contribution in [3.8, 4) is 0 Å². The summed E-state index contributed by atoms with van der Waals surface area (Å²) in [7, 11) is 0. The number of carbonyl (C=O) groups excluding carboxylic acids is 2. The van der Waals surface area contributed by atoms with Crippen LogP contribution in [0.1, 0.15) is 66.1 Å². The Morgan fingerprint density at radius 3 is 2.36 bits per heavy atom. The van der Waals surface area contributed by atoms with Crippen LogP contribution in [0.4, 0.5) is 0 Å². The summed E-state index contributed by atoms with van der Waals surface area (Å²) < 4.78 is 5.16. The fraction of sp³-hybridized carbons (Fsp3) is 0.400. The lowest BCUT2D eigenvalue weighted by Gasteiger charge is -2.12. The number of aromatic nitrogens is 2. The molecular weight excluding hydrogens is 316 g/mol. The van der Waals surface area contributed by atoms with Gasteiger partial charge in [0.1, 0.15) is 0 Å². The number of esters is 1. The zero-order valence-electron chi connectivity index (χ0n) is 14.8. The van der Waals surface area contributed by atoms with Crippen LogP contribution in [0.2, 0.25) is 0 Å². The van der Waals surface area contributed by atoms with Crippen molar-refractivity contribution in [3.63, 3.8) is 0 Å². The van der Waals surface area contributed by atoms with Crippen molar-refractivity contribution in [1.29, 1.82) is 0 Å². The Balaban J connectivity index is 1.89. The number of nitrogens with zero attached hydrogens (tertiary/aromatic N) is 2. The van der Waals surface area contributed by atoms with Gasteiger partial charge in [-0.2, -0.15) is 0 Å². The Kier molecular flexibility index (Phi) is 7.26. The van der Waals surface area contributed by atoms with E-state index in [0.29, 0.717) is 5.56 Å². The van der Waals surface area contributed by atoms with Gasteiger partial charge in [-0.25, -0.2) is 14.8 Å². The molecule has 1 aromatic heterocycles. The second-order valence-electron chi connectivity index (χ2n) is 5.99. The molecule has 0 bridgehead atoms. The molecule has 0 radical (unpaired) electrons. The van der Waals surface area contributed by atoms with Gasteiger partial charge in [0.2, 0.25) is 11.6 Å². The normalized spacial score (nSPS) is 11.8. The van der Waals surface area contributed by atoms with Crippen molar-refractivity contribution in [3.05, 3.63) is 59.7 Å². The Labute approximate surface area is 148 Å². The fourth-order valence-corrected chi connectivity index (χ4v) is 2.50. The molecule has 0 spiro atoms. The lowest BCUT2D eigenvalue weighted by molar-refractivity contribution is 0.0307. The molecule has 25 heavy (non-hydrogen) atoms. The fourth-order valence-electron chi connectivity index (χ4n) is 2.50. The van der Waals surface area contributed by atoms with Crippen LogP contribution in [0.25, 0.3) is 0 Å². The molecule has 0 aliphatic rings. The molecule has 2 aromatic rings. The minimum atomic E-state index is -0.883. The maximum atomic E-state index is 12.4. The maximum absolute atomic E-state index is 12.4. The number of rotatable bonds is 9. The summed E-state index contributed by atoms with van der Waals surface area (Å²) in [6.45, 7) is 3.75. The van der Waals surface area contributed by atoms with Crippen LogP contribution in [-0.2, 0) is 11.2 Å². The molecule has 0 amide bonds. The molecule has 132 valence electrons. The van der Waals surface area contributed by atoms with Gasteiger partial charge in [-0.1, -0.05) is 50.5 Å². The number of hydrogen-bond donors (Lipinski definition) is 0. The van der Waals surface area contributed by atoms with Crippen molar-refractivity contribution in [2.75, 3.05) is 0 Å². The smallest absolute Gasteiger partial charge is 0.377 e. The Bertz CT molecular complexity index is 684. The summed E-state index contributed by atoms with van der Waals surface area (Å²) >= 11 is 0. The highest BCUT2D eigenvalue weighted by Gasteiger charge is 2.21. The van der Waals surface area contributed by atoms with Crippen LogP contribution in [0, 0.1) is 0 Å². The molecule has 1 atom stereocenters. The van der Waals surface area contributed by atoms with Crippen molar-refractivity contribution < 1.29 is 14.3 Å². The lowest BCUT2D eigenvalue weighted by Crippen LogP contribution is -2.25. The average Bonchev–Trinajstić information content (AvgIpc) is 2.66. The highest BCUT2D eigenvalue weighted by atomic mass is 16.5. The van der Waals surface area contributed by atoms with Crippen LogP contribution in [0.3, 0.4) is 0 Å².